The van der Waals surface area contributed by atoms with E-state index in [2.05, 4.69) is 0 Å². The maximum Gasteiger partial charge on any atom is 0.336 e. The fraction of sp³-hybridized carbons (Fsp3) is 0.500. The molecule has 8 heteroatoms. The Balaban J connectivity index is 3.41. The number of carboxylic acid groups (broad SMARTS) is 1. The summed E-state index contributed by atoms with van der Waals surface area (Å²) in [5, 5.41) is 8.46. The Hall–Kier alpha value is -2.12. The van der Waals surface area contributed by atoms with Gasteiger partial charge in [0.15, 0.2) is 0 Å². The molecule has 0 unspecified atom stereocenters. The number of carboxylic acids is 1. The third-order valence-electron chi connectivity index (χ3n) is 2.16. The highest BCUT2D eigenvalue weighted by Crippen LogP contribution is 1.81. The molecule has 8 nitrogen and oxygen atoms in total. The number of nitrogens with zero attached hydrogens (tertiary/aromatic N) is 3. The van der Waals surface area contributed by atoms with Crippen LogP contribution in [0.2, 0.25) is 0 Å². The third kappa shape index (κ3) is 1.95. The molecular weight excluding hydrogens is 218 g/mol. The minimum atomic E-state index is -1.12. The maximum absolute atomic E-state index is 11.5. The van der Waals surface area contributed by atoms with Crippen molar-refractivity contribution in [3.8, 4) is 0 Å². The number of hydrogen-bond donors (Lipinski definition) is 1. The zero-order chi connectivity index (χ0) is 12.5. The minimum absolute atomic E-state index is 0.255. The lowest BCUT2D eigenvalue weighted by molar-refractivity contribution is -0.137. The smallest absolute Gasteiger partial charge is 0.336 e. The highest BCUT2D eigenvalue weighted by molar-refractivity contribution is 5.66. The number of hydrogen-bond acceptors (Lipinski definition) is 4. The van der Waals surface area contributed by atoms with Gasteiger partial charge < -0.3 is 5.11 Å². The SMILES string of the molecule is Cn1c(=O)n(C)c(=O)n(CCC(=O)O)c1=O. The summed E-state index contributed by atoms with van der Waals surface area (Å²) in [7, 11) is 2.45. The van der Waals surface area contributed by atoms with Gasteiger partial charge in [0, 0.05) is 20.6 Å². The van der Waals surface area contributed by atoms with Crippen LogP contribution < -0.4 is 17.1 Å². The van der Waals surface area contributed by atoms with Gasteiger partial charge in [-0.15, -0.1) is 0 Å². The Morgan fingerprint density at radius 2 is 1.50 bits per heavy atom. The molecule has 0 atom stereocenters. The second-order valence-electron chi connectivity index (χ2n) is 3.26. The first-order valence-electron chi connectivity index (χ1n) is 4.45. The molecule has 0 radical (unpaired) electrons. The number of carbonyl (C=O) groups is 1. The van der Waals surface area contributed by atoms with Crippen molar-refractivity contribution in [3.05, 3.63) is 31.5 Å². The Morgan fingerprint density at radius 3 is 1.88 bits per heavy atom. The summed E-state index contributed by atoms with van der Waals surface area (Å²) in [6, 6.07) is 0. The Labute approximate surface area is 89.0 Å². The normalized spacial score (nSPS) is 10.4. The van der Waals surface area contributed by atoms with Gasteiger partial charge in [-0.2, -0.15) is 0 Å². The van der Waals surface area contributed by atoms with Crippen LogP contribution in [-0.4, -0.2) is 24.8 Å². The van der Waals surface area contributed by atoms with E-state index in [1.54, 1.807) is 0 Å². The van der Waals surface area contributed by atoms with Crippen molar-refractivity contribution in [1.29, 1.82) is 0 Å². The fourth-order valence-electron chi connectivity index (χ4n) is 1.23. The van der Waals surface area contributed by atoms with Crippen LogP contribution in [0, 0.1) is 0 Å². The van der Waals surface area contributed by atoms with Gasteiger partial charge in [0.25, 0.3) is 0 Å². The predicted molar refractivity (Wildman–Crippen MR) is 53.4 cm³/mol. The molecule has 1 heterocycles. The Kier molecular flexibility index (Phi) is 3.11. The molecule has 1 rings (SSSR count). The maximum atomic E-state index is 11.5. The molecule has 0 aliphatic rings. The van der Waals surface area contributed by atoms with Crippen LogP contribution in [0.3, 0.4) is 0 Å². The lowest BCUT2D eigenvalue weighted by atomic mass is 10.4. The van der Waals surface area contributed by atoms with E-state index in [9.17, 15) is 19.2 Å². The average molecular weight is 229 g/mol. The molecule has 0 fully saturated rings. The summed E-state index contributed by atoms with van der Waals surface area (Å²) in [5.41, 5.74) is -2.36. The molecule has 0 aliphatic heterocycles. The van der Waals surface area contributed by atoms with Crippen LogP contribution in [-0.2, 0) is 25.4 Å². The quantitative estimate of drug-likeness (QED) is 0.629. The van der Waals surface area contributed by atoms with Crippen molar-refractivity contribution < 1.29 is 9.90 Å². The van der Waals surface area contributed by atoms with E-state index in [-0.39, 0.29) is 13.0 Å². The van der Waals surface area contributed by atoms with Crippen LogP contribution in [0.1, 0.15) is 6.42 Å². The summed E-state index contributed by atoms with van der Waals surface area (Å²) < 4.78 is 2.22. The number of aromatic nitrogens is 3. The second kappa shape index (κ2) is 4.17. The lowest BCUT2D eigenvalue weighted by Crippen LogP contribution is -2.52. The van der Waals surface area contributed by atoms with E-state index in [1.165, 1.54) is 14.1 Å². The van der Waals surface area contributed by atoms with Gasteiger partial charge >= 0.3 is 23.0 Å². The van der Waals surface area contributed by atoms with Crippen molar-refractivity contribution in [1.82, 2.24) is 13.7 Å². The van der Waals surface area contributed by atoms with Crippen molar-refractivity contribution in [2.24, 2.45) is 14.1 Å². The highest BCUT2D eigenvalue weighted by atomic mass is 16.4. The first kappa shape index (κ1) is 12.0. The molecule has 0 amide bonds. The molecule has 16 heavy (non-hydrogen) atoms. The van der Waals surface area contributed by atoms with Gasteiger partial charge in [-0.1, -0.05) is 0 Å². The molecule has 0 aliphatic carbocycles. The molecule has 88 valence electrons. The van der Waals surface area contributed by atoms with Gasteiger partial charge in [-0.05, 0) is 0 Å². The van der Waals surface area contributed by atoms with Crippen LogP contribution in [0.15, 0.2) is 14.4 Å². The molecule has 0 bridgehead atoms. The summed E-state index contributed by atoms with van der Waals surface area (Å²) in [6.45, 7) is -0.255. The average Bonchev–Trinajstić information content (AvgIpc) is 2.23. The Bertz CT molecular complexity index is 551. The predicted octanol–water partition coefficient (Wildman–Crippen LogP) is -2.28. The minimum Gasteiger partial charge on any atom is -0.481 e. The van der Waals surface area contributed by atoms with E-state index in [4.69, 9.17) is 5.11 Å². The third-order valence-corrected chi connectivity index (χ3v) is 2.16. The monoisotopic (exact) mass is 229 g/mol. The molecule has 0 saturated carbocycles. The van der Waals surface area contributed by atoms with E-state index in [1.807, 2.05) is 0 Å². The molecule has 1 N–H and O–H groups in total. The van der Waals surface area contributed by atoms with Crippen LogP contribution in [0.4, 0.5) is 0 Å². The standard InChI is InChI=1S/C8H11N3O5/c1-9-6(14)10(2)8(16)11(7(9)15)4-3-5(12)13/h3-4H2,1-2H3,(H,12,13). The van der Waals surface area contributed by atoms with Crippen LogP contribution in [0.25, 0.3) is 0 Å². The summed E-state index contributed by atoms with van der Waals surface area (Å²) in [6.07, 6.45) is -0.354. The van der Waals surface area contributed by atoms with E-state index >= 15 is 0 Å². The van der Waals surface area contributed by atoms with E-state index in [0.717, 1.165) is 13.7 Å². The molecule has 0 saturated heterocycles. The highest BCUT2D eigenvalue weighted by Gasteiger charge is 2.11. The van der Waals surface area contributed by atoms with Gasteiger partial charge in [-0.3, -0.25) is 4.79 Å². The van der Waals surface area contributed by atoms with Crippen LogP contribution in [0.5, 0.6) is 0 Å². The topological polar surface area (TPSA) is 103 Å². The fourth-order valence-corrected chi connectivity index (χ4v) is 1.23. The molecule has 0 aromatic carbocycles. The van der Waals surface area contributed by atoms with Crippen molar-refractivity contribution in [2.75, 3.05) is 0 Å². The van der Waals surface area contributed by atoms with E-state index < -0.39 is 23.0 Å². The Morgan fingerprint density at radius 1 is 1.06 bits per heavy atom. The molecule has 1 aromatic rings. The first-order chi connectivity index (χ1) is 7.36. The summed E-state index contributed by atoms with van der Waals surface area (Å²) >= 11 is 0. The molecule has 0 spiro atoms. The second-order valence-corrected chi connectivity index (χ2v) is 3.26. The lowest BCUT2D eigenvalue weighted by Gasteiger charge is -2.07. The molecule has 1 aromatic heterocycles. The summed E-state index contributed by atoms with van der Waals surface area (Å²) in [4.78, 5) is 44.6. The van der Waals surface area contributed by atoms with Gasteiger partial charge in [0.05, 0.1) is 6.42 Å². The zero-order valence-electron chi connectivity index (χ0n) is 8.84. The van der Waals surface area contributed by atoms with E-state index in [0.29, 0.717) is 0 Å². The van der Waals surface area contributed by atoms with Crippen molar-refractivity contribution in [2.45, 2.75) is 13.0 Å². The van der Waals surface area contributed by atoms with Crippen molar-refractivity contribution in [3.63, 3.8) is 0 Å². The first-order valence-corrected chi connectivity index (χ1v) is 4.45. The number of rotatable bonds is 3. The van der Waals surface area contributed by atoms with Gasteiger partial charge in [-0.25, -0.2) is 28.1 Å². The largest absolute Gasteiger partial charge is 0.481 e. The van der Waals surface area contributed by atoms with Gasteiger partial charge in [0.2, 0.25) is 0 Å². The zero-order valence-corrected chi connectivity index (χ0v) is 8.84. The number of aliphatic carboxylic acids is 1. The molecular formula is C8H11N3O5. The van der Waals surface area contributed by atoms with Crippen molar-refractivity contribution >= 4 is 5.97 Å². The van der Waals surface area contributed by atoms with Gasteiger partial charge in [0.1, 0.15) is 0 Å². The van der Waals surface area contributed by atoms with Crippen LogP contribution >= 0.6 is 0 Å². The summed E-state index contributed by atoms with van der Waals surface area (Å²) in [5.74, 6) is -1.12.